The maximum atomic E-state index is 12.5. The molecule has 0 saturated carbocycles. The molecule has 0 bridgehead atoms. The number of nitrogens with zero attached hydrogens (tertiary/aromatic N) is 3. The zero-order valence-corrected chi connectivity index (χ0v) is 13.8. The highest BCUT2D eigenvalue weighted by molar-refractivity contribution is 7.91. The minimum Gasteiger partial charge on any atom is -0.444 e. The molecule has 0 spiro atoms. The molecule has 1 aromatic heterocycles. The number of carbonyl (C=O) groups excluding carboxylic acids is 1. The zero-order valence-electron chi connectivity index (χ0n) is 13.0. The lowest BCUT2D eigenvalue weighted by atomic mass is 10.1. The molecule has 1 unspecified atom stereocenters. The fourth-order valence-corrected chi connectivity index (χ4v) is 3.83. The Labute approximate surface area is 130 Å². The maximum absolute atomic E-state index is 12.5. The van der Waals surface area contributed by atoms with Gasteiger partial charge in [0, 0.05) is 25.5 Å². The Bertz CT molecular complexity index is 625. The smallest absolute Gasteiger partial charge is 0.410 e. The molecule has 22 heavy (non-hydrogen) atoms. The minimum absolute atomic E-state index is 0.107. The van der Waals surface area contributed by atoms with Crippen LogP contribution in [0.1, 0.15) is 33.6 Å². The van der Waals surface area contributed by atoms with Crippen LogP contribution >= 0.6 is 0 Å². The number of likely N-dealkylation sites (tertiary alicyclic amines) is 1. The highest BCUT2D eigenvalue weighted by atomic mass is 32.2. The van der Waals surface area contributed by atoms with Crippen molar-refractivity contribution in [2.45, 2.75) is 49.6 Å². The molecule has 0 aromatic carbocycles. The molecule has 2 rings (SSSR count). The molecule has 0 N–H and O–H groups in total. The van der Waals surface area contributed by atoms with Crippen molar-refractivity contribution in [3.8, 4) is 0 Å². The Balaban J connectivity index is 2.12. The number of hydrogen-bond acceptors (Lipinski definition) is 6. The Kier molecular flexibility index (Phi) is 4.69. The van der Waals surface area contributed by atoms with Gasteiger partial charge in [0.15, 0.2) is 0 Å². The first kappa shape index (κ1) is 16.7. The van der Waals surface area contributed by atoms with E-state index in [1.54, 1.807) is 26.8 Å². The van der Waals surface area contributed by atoms with Gasteiger partial charge >= 0.3 is 6.09 Å². The Morgan fingerprint density at radius 2 is 1.95 bits per heavy atom. The van der Waals surface area contributed by atoms with Gasteiger partial charge in [-0.25, -0.2) is 23.2 Å². The molecule has 1 aliphatic heterocycles. The summed E-state index contributed by atoms with van der Waals surface area (Å²) in [6, 6.07) is 1.56. The van der Waals surface area contributed by atoms with Crippen LogP contribution in [0.4, 0.5) is 4.79 Å². The number of aromatic nitrogens is 2. The van der Waals surface area contributed by atoms with E-state index in [4.69, 9.17) is 4.74 Å². The monoisotopic (exact) mass is 327 g/mol. The first-order valence-electron chi connectivity index (χ1n) is 7.19. The Hall–Kier alpha value is -1.70. The molecule has 1 amide bonds. The number of carbonyl (C=O) groups is 1. The molecule has 122 valence electrons. The van der Waals surface area contributed by atoms with Crippen molar-refractivity contribution in [2.24, 2.45) is 0 Å². The molecule has 1 saturated heterocycles. The van der Waals surface area contributed by atoms with Gasteiger partial charge in [0.1, 0.15) is 5.60 Å². The molecular formula is C14H21N3O4S. The van der Waals surface area contributed by atoms with Crippen molar-refractivity contribution in [3.05, 3.63) is 18.5 Å². The van der Waals surface area contributed by atoms with Gasteiger partial charge in [0.05, 0.1) is 5.25 Å². The lowest BCUT2D eigenvalue weighted by Crippen LogP contribution is -2.47. The van der Waals surface area contributed by atoms with Gasteiger partial charge in [0.2, 0.25) is 15.0 Å². The van der Waals surface area contributed by atoms with Crippen LogP contribution in [0.5, 0.6) is 0 Å². The van der Waals surface area contributed by atoms with E-state index in [-0.39, 0.29) is 11.7 Å². The van der Waals surface area contributed by atoms with E-state index in [2.05, 4.69) is 9.97 Å². The van der Waals surface area contributed by atoms with Gasteiger partial charge in [0.25, 0.3) is 0 Å². The zero-order chi connectivity index (χ0) is 16.4. The predicted octanol–water partition coefficient (Wildman–Crippen LogP) is 1.65. The summed E-state index contributed by atoms with van der Waals surface area (Å²) >= 11 is 0. The fraction of sp³-hybridized carbons (Fsp3) is 0.643. The summed E-state index contributed by atoms with van der Waals surface area (Å²) in [6.45, 7) is 5.94. The van der Waals surface area contributed by atoms with Gasteiger partial charge in [-0.3, -0.25) is 0 Å². The fourth-order valence-electron chi connectivity index (χ4n) is 2.27. The summed E-state index contributed by atoms with van der Waals surface area (Å²) in [5.74, 6) is 0. The highest BCUT2D eigenvalue weighted by Crippen LogP contribution is 2.22. The van der Waals surface area contributed by atoms with Crippen LogP contribution in [0.3, 0.4) is 0 Å². The van der Waals surface area contributed by atoms with Gasteiger partial charge in [-0.05, 0) is 39.7 Å². The summed E-state index contributed by atoms with van der Waals surface area (Å²) in [5, 5.41) is -0.887. The number of rotatable bonds is 2. The maximum Gasteiger partial charge on any atom is 0.410 e. The molecule has 0 aliphatic carbocycles. The SMILES string of the molecule is CC(C)(C)OC(=O)N1CCCC(S(=O)(=O)c2ncccn2)C1. The average molecular weight is 327 g/mol. The van der Waals surface area contributed by atoms with Gasteiger partial charge < -0.3 is 9.64 Å². The van der Waals surface area contributed by atoms with E-state index in [9.17, 15) is 13.2 Å². The first-order valence-corrected chi connectivity index (χ1v) is 8.73. The highest BCUT2D eigenvalue weighted by Gasteiger charge is 2.36. The minimum atomic E-state index is -3.64. The molecule has 2 heterocycles. The summed E-state index contributed by atoms with van der Waals surface area (Å²) in [7, 11) is -3.64. The Morgan fingerprint density at radius 1 is 1.32 bits per heavy atom. The van der Waals surface area contributed by atoms with Gasteiger partial charge in [-0.2, -0.15) is 0 Å². The van der Waals surface area contributed by atoms with E-state index in [1.807, 2.05) is 0 Å². The first-order chi connectivity index (χ1) is 10.2. The summed E-state index contributed by atoms with van der Waals surface area (Å²) in [4.78, 5) is 21.2. The van der Waals surface area contributed by atoms with Crippen molar-refractivity contribution >= 4 is 15.9 Å². The van der Waals surface area contributed by atoms with Crippen LogP contribution in [0.2, 0.25) is 0 Å². The number of sulfone groups is 1. The van der Waals surface area contributed by atoms with Crippen LogP contribution in [-0.2, 0) is 14.6 Å². The topological polar surface area (TPSA) is 89.5 Å². The lowest BCUT2D eigenvalue weighted by molar-refractivity contribution is 0.0219. The van der Waals surface area contributed by atoms with Crippen LogP contribution in [0.25, 0.3) is 0 Å². The lowest BCUT2D eigenvalue weighted by Gasteiger charge is -2.33. The molecule has 8 heteroatoms. The molecule has 1 aromatic rings. The second-order valence-corrected chi connectivity index (χ2v) is 8.39. The third kappa shape index (κ3) is 3.94. The van der Waals surface area contributed by atoms with Gasteiger partial charge in [-0.1, -0.05) is 0 Å². The van der Waals surface area contributed by atoms with E-state index < -0.39 is 26.8 Å². The van der Waals surface area contributed by atoms with E-state index in [1.165, 1.54) is 17.3 Å². The average Bonchev–Trinajstić information content (AvgIpc) is 2.46. The van der Waals surface area contributed by atoms with Crippen LogP contribution in [-0.4, -0.2) is 53.3 Å². The number of hydrogen-bond donors (Lipinski definition) is 0. The number of amides is 1. The predicted molar refractivity (Wildman–Crippen MR) is 80.0 cm³/mol. The van der Waals surface area contributed by atoms with E-state index in [0.717, 1.165) is 0 Å². The van der Waals surface area contributed by atoms with Crippen molar-refractivity contribution in [1.82, 2.24) is 14.9 Å². The summed E-state index contributed by atoms with van der Waals surface area (Å²) in [6.07, 6.45) is 3.40. The summed E-state index contributed by atoms with van der Waals surface area (Å²) < 4.78 is 30.4. The second-order valence-electron chi connectivity index (χ2n) is 6.27. The molecular weight excluding hydrogens is 306 g/mol. The van der Waals surface area contributed by atoms with Crippen molar-refractivity contribution in [3.63, 3.8) is 0 Å². The largest absolute Gasteiger partial charge is 0.444 e. The summed E-state index contributed by atoms with van der Waals surface area (Å²) in [5.41, 5.74) is -0.606. The normalized spacial score (nSPS) is 19.8. The second kappa shape index (κ2) is 6.20. The van der Waals surface area contributed by atoms with Crippen LogP contribution in [0.15, 0.2) is 23.6 Å². The Morgan fingerprint density at radius 3 is 2.55 bits per heavy atom. The van der Waals surface area contributed by atoms with Gasteiger partial charge in [-0.15, -0.1) is 0 Å². The third-order valence-electron chi connectivity index (χ3n) is 3.27. The molecule has 1 atom stereocenters. The molecule has 7 nitrogen and oxygen atoms in total. The van der Waals surface area contributed by atoms with Crippen molar-refractivity contribution in [1.29, 1.82) is 0 Å². The standard InChI is InChI=1S/C14H21N3O4S/c1-14(2,3)21-13(18)17-9-4-6-11(10-17)22(19,20)12-15-7-5-8-16-12/h5,7-8,11H,4,6,9-10H2,1-3H3. The van der Waals surface area contributed by atoms with Crippen molar-refractivity contribution in [2.75, 3.05) is 13.1 Å². The molecule has 1 aliphatic rings. The quantitative estimate of drug-likeness (QED) is 0.767. The van der Waals surface area contributed by atoms with Crippen LogP contribution < -0.4 is 0 Å². The number of piperidine rings is 1. The molecule has 1 fully saturated rings. The third-order valence-corrected chi connectivity index (χ3v) is 5.25. The van der Waals surface area contributed by atoms with E-state index in [0.29, 0.717) is 19.4 Å². The number of ether oxygens (including phenoxy) is 1. The van der Waals surface area contributed by atoms with Crippen LogP contribution in [0, 0.1) is 0 Å². The van der Waals surface area contributed by atoms with Crippen molar-refractivity contribution < 1.29 is 17.9 Å². The molecule has 0 radical (unpaired) electrons. The van der Waals surface area contributed by atoms with E-state index >= 15 is 0 Å².